The van der Waals surface area contributed by atoms with Gasteiger partial charge in [0, 0.05) is 0 Å². The molecule has 73 heavy (non-hydrogen) atoms. The van der Waals surface area contributed by atoms with Crippen LogP contribution in [0.15, 0.2) is 47.6 Å². The Morgan fingerprint density at radius 1 is 0.589 bits per heavy atom. The summed E-state index contributed by atoms with van der Waals surface area (Å²) in [6, 6.07) is 7.45. The van der Waals surface area contributed by atoms with E-state index in [4.69, 9.17) is 47.2 Å². The fraction of sp³-hybridized carbons (Fsp3) is 0.655. The molecule has 2 amide bonds. The van der Waals surface area contributed by atoms with Gasteiger partial charge in [0.05, 0.1) is 53.0 Å². The fourth-order valence-electron chi connectivity index (χ4n) is 7.77. The smallest absolute Gasteiger partial charge is 0.347 e. The minimum atomic E-state index is -1.78. The van der Waals surface area contributed by atoms with E-state index in [0.29, 0.717) is 18.6 Å². The Balaban J connectivity index is 1.72. The Labute approximate surface area is 448 Å². The van der Waals surface area contributed by atoms with E-state index in [9.17, 15) is 24.0 Å². The van der Waals surface area contributed by atoms with Crippen molar-refractivity contribution in [2.75, 3.05) is 30.5 Å². The van der Waals surface area contributed by atoms with Gasteiger partial charge in [0.25, 0.3) is 11.8 Å². The third-order valence-electron chi connectivity index (χ3n) is 12.1. The highest BCUT2D eigenvalue weighted by molar-refractivity contribution is 8.00. The van der Waals surface area contributed by atoms with Crippen molar-refractivity contribution in [2.45, 2.75) is 218 Å². The van der Waals surface area contributed by atoms with Crippen molar-refractivity contribution in [3.63, 3.8) is 0 Å². The van der Waals surface area contributed by atoms with Gasteiger partial charge in [-0.15, -0.1) is 5.10 Å². The molecule has 408 valence electrons. The standard InChI is InChI=1S/C55H83Cl2N5O10S/c1-6-9-12-15-17-19-21-23-25-28-35-69-55(67)44-31-33-46(57)48(38-44)60-52(64)50(62-49(39-58-61-62)73-42(5)54(66)72-41(4)53(65)68-34-27-14-11-8-3)51(63)59-47-37-43(30-32-45(47)56)40-71-70-36-29-26-24-22-20-18-16-13-10-7-2/h30-33,37-39,41-42,50H,6-29,34-36,40H2,1-5H3,(H,59,63)(H,60,64). The maximum atomic E-state index is 14.4. The van der Waals surface area contributed by atoms with E-state index in [1.165, 1.54) is 122 Å². The number of hydrogen-bond acceptors (Lipinski definition) is 13. The summed E-state index contributed by atoms with van der Waals surface area (Å²) in [4.78, 5) is 78.8. The van der Waals surface area contributed by atoms with Gasteiger partial charge in [-0.05, 0) is 69.0 Å². The molecular weight excluding hydrogens is 994 g/mol. The molecule has 0 aliphatic carbocycles. The zero-order valence-electron chi connectivity index (χ0n) is 44.2. The van der Waals surface area contributed by atoms with Crippen LogP contribution in [0.5, 0.6) is 0 Å². The maximum absolute atomic E-state index is 14.4. The van der Waals surface area contributed by atoms with Crippen LogP contribution in [0.1, 0.15) is 211 Å². The number of benzene rings is 2. The second kappa shape index (κ2) is 38.3. The highest BCUT2D eigenvalue weighted by Gasteiger charge is 2.34. The summed E-state index contributed by atoms with van der Waals surface area (Å²) in [6.07, 6.45) is 27.3. The molecule has 15 nitrogen and oxygen atoms in total. The Morgan fingerprint density at radius 3 is 1.63 bits per heavy atom. The number of halogens is 2. The minimum absolute atomic E-state index is 0.0327. The molecule has 3 aromatic rings. The van der Waals surface area contributed by atoms with Crippen molar-refractivity contribution in [1.82, 2.24) is 15.0 Å². The van der Waals surface area contributed by atoms with Crippen LogP contribution < -0.4 is 10.6 Å². The van der Waals surface area contributed by atoms with E-state index in [0.717, 1.165) is 80.7 Å². The molecule has 3 atom stereocenters. The number of carbonyl (C=O) groups excluding carboxylic acids is 5. The van der Waals surface area contributed by atoms with E-state index in [2.05, 4.69) is 41.7 Å². The summed E-state index contributed by atoms with van der Waals surface area (Å²) in [5.41, 5.74) is 0.977. The zero-order chi connectivity index (χ0) is 53.1. The summed E-state index contributed by atoms with van der Waals surface area (Å²) >= 11 is 14.1. The minimum Gasteiger partial charge on any atom is -0.463 e. The Kier molecular flexibility index (Phi) is 33.1. The molecular formula is C55H83Cl2N5O10S. The molecule has 0 fully saturated rings. The molecule has 2 aromatic carbocycles. The van der Waals surface area contributed by atoms with Crippen LogP contribution in [0, 0.1) is 0 Å². The fourth-order valence-corrected chi connectivity index (χ4v) is 8.97. The van der Waals surface area contributed by atoms with E-state index >= 15 is 0 Å². The van der Waals surface area contributed by atoms with Crippen molar-refractivity contribution in [3.05, 3.63) is 63.8 Å². The van der Waals surface area contributed by atoms with Crippen molar-refractivity contribution in [1.29, 1.82) is 0 Å². The van der Waals surface area contributed by atoms with Crippen LogP contribution in [0.3, 0.4) is 0 Å². The lowest BCUT2D eigenvalue weighted by Crippen LogP contribution is -2.37. The third-order valence-corrected chi connectivity index (χ3v) is 13.9. The predicted molar refractivity (Wildman–Crippen MR) is 290 cm³/mol. The highest BCUT2D eigenvalue weighted by atomic mass is 35.5. The van der Waals surface area contributed by atoms with Crippen molar-refractivity contribution in [2.24, 2.45) is 0 Å². The van der Waals surface area contributed by atoms with Crippen LogP contribution in [0.25, 0.3) is 0 Å². The summed E-state index contributed by atoms with van der Waals surface area (Å²) < 4.78 is 17.3. The normalized spacial score (nSPS) is 12.5. The van der Waals surface area contributed by atoms with Gasteiger partial charge >= 0.3 is 17.9 Å². The van der Waals surface area contributed by atoms with Crippen LogP contribution in [0.2, 0.25) is 10.0 Å². The average Bonchev–Trinajstić information content (AvgIpc) is 3.82. The highest BCUT2D eigenvalue weighted by Crippen LogP contribution is 2.31. The Morgan fingerprint density at radius 2 is 1.07 bits per heavy atom. The van der Waals surface area contributed by atoms with Crippen LogP contribution in [-0.2, 0) is 49.8 Å². The third kappa shape index (κ3) is 25.7. The number of amides is 2. The van der Waals surface area contributed by atoms with Crippen LogP contribution in [-0.4, -0.2) is 75.9 Å². The largest absolute Gasteiger partial charge is 0.463 e. The first-order valence-electron chi connectivity index (χ1n) is 26.9. The quantitative estimate of drug-likeness (QED) is 0.0104. The lowest BCUT2D eigenvalue weighted by molar-refractivity contribution is -0.304. The van der Waals surface area contributed by atoms with Crippen molar-refractivity contribution in [3.8, 4) is 0 Å². The number of unbranched alkanes of at least 4 members (excludes halogenated alkanes) is 21. The maximum Gasteiger partial charge on any atom is 0.347 e. The topological polar surface area (TPSA) is 186 Å². The number of anilines is 2. The van der Waals surface area contributed by atoms with Gasteiger partial charge in [-0.2, -0.15) is 0 Å². The number of nitrogens with zero attached hydrogens (tertiary/aromatic N) is 3. The SMILES string of the molecule is CCCCCCCCCCCCOOCc1ccc(Cl)c(NC(=O)C(C(=O)Nc2cc(C(=O)OCCCCCCCCCCCC)ccc2Cl)n2nncc2SC(C)C(=O)OC(C)C(=O)OCCCCCC)c1. The van der Waals surface area contributed by atoms with Crippen molar-refractivity contribution >= 4 is 76.1 Å². The van der Waals surface area contributed by atoms with Gasteiger partial charge in [-0.25, -0.2) is 24.0 Å². The molecule has 0 aliphatic heterocycles. The van der Waals surface area contributed by atoms with Gasteiger partial charge < -0.3 is 24.8 Å². The van der Waals surface area contributed by atoms with E-state index < -0.39 is 47.1 Å². The lowest BCUT2D eigenvalue weighted by Gasteiger charge is -2.21. The number of hydrogen-bond donors (Lipinski definition) is 2. The summed E-state index contributed by atoms with van der Waals surface area (Å²) in [5, 5.41) is 13.0. The number of ether oxygens (including phenoxy) is 3. The molecule has 0 saturated heterocycles. The van der Waals surface area contributed by atoms with Crippen LogP contribution >= 0.6 is 35.0 Å². The summed E-state index contributed by atoms with van der Waals surface area (Å²) in [7, 11) is 0. The first-order chi connectivity index (χ1) is 35.4. The first kappa shape index (κ1) is 63.1. The second-order valence-corrected chi connectivity index (χ2v) is 20.7. The Hall–Kier alpha value is -4.22. The zero-order valence-corrected chi connectivity index (χ0v) is 46.5. The van der Waals surface area contributed by atoms with E-state index in [-0.39, 0.29) is 51.8 Å². The van der Waals surface area contributed by atoms with E-state index in [1.54, 1.807) is 18.2 Å². The number of rotatable bonds is 41. The molecule has 0 saturated carbocycles. The molecule has 2 N–H and O–H groups in total. The molecule has 3 rings (SSSR count). The Bertz CT molecular complexity index is 2080. The number of nitrogens with one attached hydrogen (secondary N) is 2. The summed E-state index contributed by atoms with van der Waals surface area (Å²) in [5.74, 6) is -3.80. The number of esters is 3. The molecule has 3 unspecified atom stereocenters. The number of carbonyl (C=O) groups is 5. The number of thioether (sulfide) groups is 1. The predicted octanol–water partition coefficient (Wildman–Crippen LogP) is 14.4. The van der Waals surface area contributed by atoms with Gasteiger partial charge in [0.15, 0.2) is 6.10 Å². The lowest BCUT2D eigenvalue weighted by atomic mass is 10.1. The monoisotopic (exact) mass is 1080 g/mol. The van der Waals surface area contributed by atoms with Gasteiger partial charge in [-0.3, -0.25) is 14.4 Å². The molecule has 0 radical (unpaired) electrons. The molecule has 0 aliphatic rings. The van der Waals surface area contributed by atoms with Gasteiger partial charge in [0.1, 0.15) is 16.9 Å². The number of aromatic nitrogens is 3. The summed E-state index contributed by atoms with van der Waals surface area (Å²) in [6.45, 7) is 10.5. The average molecular weight is 1080 g/mol. The van der Waals surface area contributed by atoms with Crippen LogP contribution in [0.4, 0.5) is 11.4 Å². The molecule has 1 aromatic heterocycles. The van der Waals surface area contributed by atoms with E-state index in [1.807, 2.05) is 0 Å². The van der Waals surface area contributed by atoms with Gasteiger partial charge in [0.2, 0.25) is 6.04 Å². The first-order valence-corrected chi connectivity index (χ1v) is 28.6. The molecule has 18 heteroatoms. The molecule has 0 bridgehead atoms. The molecule has 1 heterocycles. The van der Waals surface area contributed by atoms with Crippen molar-refractivity contribution < 1.29 is 48.0 Å². The second-order valence-electron chi connectivity index (χ2n) is 18.6. The molecule has 0 spiro atoms. The van der Waals surface area contributed by atoms with Gasteiger partial charge in [-0.1, -0.05) is 202 Å².